The van der Waals surface area contributed by atoms with Crippen molar-refractivity contribution in [2.45, 2.75) is 26.2 Å². The molecule has 3 N–H and O–H groups in total. The molecule has 2 aromatic rings. The standard InChI is InChI=1S/C16H19N3O/c1-12-5-2-3-6-13(12)7-4-8-16(20)19-15-10-9-14(17)11-18-15/h2-3,5-6,9-11H,4,7-8,17H2,1H3,(H,18,19,20). The Kier molecular flexibility index (Phi) is 4.71. The van der Waals surface area contributed by atoms with Crippen molar-refractivity contribution in [3.05, 3.63) is 53.7 Å². The molecule has 104 valence electrons. The van der Waals surface area contributed by atoms with Crippen molar-refractivity contribution in [1.29, 1.82) is 0 Å². The number of aromatic nitrogens is 1. The number of hydrogen-bond acceptors (Lipinski definition) is 3. The number of aryl methyl sites for hydroxylation is 2. The molecule has 0 unspecified atom stereocenters. The predicted octanol–water partition coefficient (Wildman–Crippen LogP) is 2.93. The maximum atomic E-state index is 11.8. The summed E-state index contributed by atoms with van der Waals surface area (Å²) in [5.74, 6) is 0.524. The van der Waals surface area contributed by atoms with Gasteiger partial charge in [-0.2, -0.15) is 0 Å². The van der Waals surface area contributed by atoms with Gasteiger partial charge < -0.3 is 11.1 Å². The fourth-order valence-corrected chi connectivity index (χ4v) is 2.01. The van der Waals surface area contributed by atoms with Gasteiger partial charge >= 0.3 is 0 Å². The molecule has 0 bridgehead atoms. The number of carbonyl (C=O) groups is 1. The summed E-state index contributed by atoms with van der Waals surface area (Å²) in [6, 6.07) is 11.7. The third-order valence-corrected chi connectivity index (χ3v) is 3.17. The van der Waals surface area contributed by atoms with Crippen LogP contribution in [0.4, 0.5) is 11.5 Å². The Balaban J connectivity index is 1.78. The number of amides is 1. The van der Waals surface area contributed by atoms with Gasteiger partial charge in [-0.3, -0.25) is 4.79 Å². The molecule has 4 heteroatoms. The monoisotopic (exact) mass is 269 g/mol. The summed E-state index contributed by atoms with van der Waals surface area (Å²) in [5, 5.41) is 2.76. The number of rotatable bonds is 5. The number of nitrogens with two attached hydrogens (primary N) is 1. The zero-order valence-corrected chi connectivity index (χ0v) is 11.6. The number of nitrogens with zero attached hydrogens (tertiary/aromatic N) is 1. The van der Waals surface area contributed by atoms with E-state index in [1.807, 2.05) is 12.1 Å². The van der Waals surface area contributed by atoms with Crippen molar-refractivity contribution in [1.82, 2.24) is 4.98 Å². The van der Waals surface area contributed by atoms with E-state index in [2.05, 4.69) is 29.4 Å². The molecule has 0 radical (unpaired) electrons. The number of nitrogen functional groups attached to an aromatic ring is 1. The minimum atomic E-state index is -0.0177. The normalized spacial score (nSPS) is 10.2. The van der Waals surface area contributed by atoms with Crippen LogP contribution in [0.5, 0.6) is 0 Å². The molecule has 1 aromatic heterocycles. The molecular formula is C16H19N3O. The Morgan fingerprint density at radius 2 is 2.05 bits per heavy atom. The van der Waals surface area contributed by atoms with Crippen LogP contribution >= 0.6 is 0 Å². The summed E-state index contributed by atoms with van der Waals surface area (Å²) in [5.41, 5.74) is 8.70. The van der Waals surface area contributed by atoms with Gasteiger partial charge in [-0.1, -0.05) is 24.3 Å². The molecule has 20 heavy (non-hydrogen) atoms. The molecule has 1 aromatic carbocycles. The summed E-state index contributed by atoms with van der Waals surface area (Å²) in [4.78, 5) is 15.8. The minimum absolute atomic E-state index is 0.0177. The molecule has 1 amide bonds. The molecule has 0 spiro atoms. The second-order valence-corrected chi connectivity index (χ2v) is 4.80. The molecule has 0 aliphatic heterocycles. The van der Waals surface area contributed by atoms with Crippen molar-refractivity contribution in [3.63, 3.8) is 0 Å². The summed E-state index contributed by atoms with van der Waals surface area (Å²) >= 11 is 0. The Hall–Kier alpha value is -2.36. The van der Waals surface area contributed by atoms with E-state index in [4.69, 9.17) is 5.73 Å². The third kappa shape index (κ3) is 4.09. The first-order valence-electron chi connectivity index (χ1n) is 6.71. The minimum Gasteiger partial charge on any atom is -0.397 e. The van der Waals surface area contributed by atoms with E-state index in [9.17, 15) is 4.79 Å². The highest BCUT2D eigenvalue weighted by molar-refractivity contribution is 5.89. The van der Waals surface area contributed by atoms with E-state index in [1.165, 1.54) is 17.3 Å². The molecule has 0 saturated heterocycles. The van der Waals surface area contributed by atoms with E-state index in [-0.39, 0.29) is 5.91 Å². The summed E-state index contributed by atoms with van der Waals surface area (Å²) in [7, 11) is 0. The SMILES string of the molecule is Cc1ccccc1CCCC(=O)Nc1ccc(N)cn1. The Bertz CT molecular complexity index is 579. The van der Waals surface area contributed by atoms with Gasteiger partial charge in [0.25, 0.3) is 0 Å². The van der Waals surface area contributed by atoms with Gasteiger partial charge in [0.05, 0.1) is 11.9 Å². The van der Waals surface area contributed by atoms with E-state index in [0.717, 1.165) is 12.8 Å². The van der Waals surface area contributed by atoms with Crippen LogP contribution in [0.15, 0.2) is 42.6 Å². The van der Waals surface area contributed by atoms with Gasteiger partial charge in [-0.25, -0.2) is 4.98 Å². The number of carbonyl (C=O) groups excluding carboxylic acids is 1. The smallest absolute Gasteiger partial charge is 0.225 e. The van der Waals surface area contributed by atoms with Gasteiger partial charge in [0, 0.05) is 6.42 Å². The van der Waals surface area contributed by atoms with Crippen molar-refractivity contribution < 1.29 is 4.79 Å². The molecule has 0 saturated carbocycles. The zero-order chi connectivity index (χ0) is 14.4. The van der Waals surface area contributed by atoms with Gasteiger partial charge in [0.15, 0.2) is 0 Å². The van der Waals surface area contributed by atoms with E-state index in [0.29, 0.717) is 17.9 Å². The largest absolute Gasteiger partial charge is 0.397 e. The second kappa shape index (κ2) is 6.70. The molecule has 0 atom stereocenters. The number of nitrogens with one attached hydrogen (secondary N) is 1. The van der Waals surface area contributed by atoms with Crippen molar-refractivity contribution in [2.75, 3.05) is 11.1 Å². The van der Waals surface area contributed by atoms with Crippen LogP contribution in [0.3, 0.4) is 0 Å². The Morgan fingerprint density at radius 1 is 1.25 bits per heavy atom. The summed E-state index contributed by atoms with van der Waals surface area (Å²) in [6.45, 7) is 2.09. The number of anilines is 2. The van der Waals surface area contributed by atoms with Gasteiger partial charge in [-0.05, 0) is 43.0 Å². The van der Waals surface area contributed by atoms with Gasteiger partial charge in [-0.15, -0.1) is 0 Å². The van der Waals surface area contributed by atoms with Crippen LogP contribution in [-0.4, -0.2) is 10.9 Å². The lowest BCUT2D eigenvalue weighted by atomic mass is 10.0. The molecule has 1 heterocycles. The van der Waals surface area contributed by atoms with Crippen molar-refractivity contribution in [2.24, 2.45) is 0 Å². The molecule has 4 nitrogen and oxygen atoms in total. The average molecular weight is 269 g/mol. The Morgan fingerprint density at radius 3 is 2.75 bits per heavy atom. The lowest BCUT2D eigenvalue weighted by molar-refractivity contribution is -0.116. The van der Waals surface area contributed by atoms with Crippen LogP contribution in [0.1, 0.15) is 24.0 Å². The zero-order valence-electron chi connectivity index (χ0n) is 11.6. The number of pyridine rings is 1. The molecule has 0 aliphatic carbocycles. The van der Waals surface area contributed by atoms with Gasteiger partial charge in [0.2, 0.25) is 5.91 Å². The maximum Gasteiger partial charge on any atom is 0.225 e. The first kappa shape index (κ1) is 14.1. The topological polar surface area (TPSA) is 68.0 Å². The molecule has 2 rings (SSSR count). The highest BCUT2D eigenvalue weighted by Crippen LogP contribution is 2.11. The molecule has 0 fully saturated rings. The fourth-order valence-electron chi connectivity index (χ4n) is 2.01. The molecular weight excluding hydrogens is 250 g/mol. The average Bonchev–Trinajstić information content (AvgIpc) is 2.43. The Labute approximate surface area is 119 Å². The van der Waals surface area contributed by atoms with Crippen LogP contribution in [-0.2, 0) is 11.2 Å². The summed E-state index contributed by atoms with van der Waals surface area (Å²) in [6.07, 6.45) is 3.75. The van der Waals surface area contributed by atoms with E-state index >= 15 is 0 Å². The third-order valence-electron chi connectivity index (χ3n) is 3.17. The predicted molar refractivity (Wildman–Crippen MR) is 81.4 cm³/mol. The molecule has 0 aliphatic rings. The van der Waals surface area contributed by atoms with Crippen LogP contribution < -0.4 is 11.1 Å². The first-order valence-corrected chi connectivity index (χ1v) is 6.71. The lowest BCUT2D eigenvalue weighted by Gasteiger charge is -2.06. The summed E-state index contributed by atoms with van der Waals surface area (Å²) < 4.78 is 0. The number of hydrogen-bond donors (Lipinski definition) is 2. The maximum absolute atomic E-state index is 11.8. The van der Waals surface area contributed by atoms with Crippen LogP contribution in [0.2, 0.25) is 0 Å². The second-order valence-electron chi connectivity index (χ2n) is 4.80. The highest BCUT2D eigenvalue weighted by atomic mass is 16.1. The van der Waals surface area contributed by atoms with Gasteiger partial charge in [0.1, 0.15) is 5.82 Å². The first-order chi connectivity index (χ1) is 9.65. The van der Waals surface area contributed by atoms with Crippen LogP contribution in [0.25, 0.3) is 0 Å². The quantitative estimate of drug-likeness (QED) is 0.877. The highest BCUT2D eigenvalue weighted by Gasteiger charge is 2.04. The number of benzene rings is 1. The van der Waals surface area contributed by atoms with Crippen molar-refractivity contribution >= 4 is 17.4 Å². The lowest BCUT2D eigenvalue weighted by Crippen LogP contribution is -2.12. The van der Waals surface area contributed by atoms with Crippen LogP contribution in [0, 0.1) is 6.92 Å². The van der Waals surface area contributed by atoms with Crippen molar-refractivity contribution in [3.8, 4) is 0 Å². The van der Waals surface area contributed by atoms with E-state index < -0.39 is 0 Å². The fraction of sp³-hybridized carbons (Fsp3) is 0.250. The van der Waals surface area contributed by atoms with E-state index in [1.54, 1.807) is 12.1 Å².